The van der Waals surface area contributed by atoms with E-state index in [0.29, 0.717) is 5.75 Å². The van der Waals surface area contributed by atoms with Crippen LogP contribution in [0.1, 0.15) is 22.8 Å². The summed E-state index contributed by atoms with van der Waals surface area (Å²) in [4.78, 5) is 0. The number of para-hydroxylation sites is 1. The lowest BCUT2D eigenvalue weighted by atomic mass is 9.99. The number of hydrogen-bond donors (Lipinski definition) is 1. The fourth-order valence-corrected chi connectivity index (χ4v) is 2.11. The van der Waals surface area contributed by atoms with Crippen LogP contribution >= 0.6 is 0 Å². The monoisotopic (exact) mass is 278 g/mol. The summed E-state index contributed by atoms with van der Waals surface area (Å²) in [5, 5.41) is 10.1. The maximum atomic E-state index is 13.8. The van der Waals surface area contributed by atoms with Crippen LogP contribution in [0.25, 0.3) is 0 Å². The molecule has 0 amide bonds. The lowest BCUT2D eigenvalue weighted by Crippen LogP contribution is -2.07. The number of methoxy groups -OCH3 is 1. The highest BCUT2D eigenvalue weighted by Crippen LogP contribution is 2.27. The highest BCUT2D eigenvalue weighted by molar-refractivity contribution is 5.35. The van der Waals surface area contributed by atoms with Crippen LogP contribution in [0.2, 0.25) is 0 Å². The number of ether oxygens (including phenoxy) is 1. The standard InChI is InChI=1S/C16H16F2O2/c1-10-7-14(18)12(9-13(10)17)15(19)8-11-5-3-4-6-16(11)20-2/h3-7,9,15,19H,8H2,1-2H3. The van der Waals surface area contributed by atoms with E-state index in [1.54, 1.807) is 24.3 Å². The molecule has 0 aliphatic rings. The summed E-state index contributed by atoms with van der Waals surface area (Å²) in [5.41, 5.74) is 0.914. The Morgan fingerprint density at radius 3 is 2.55 bits per heavy atom. The first-order valence-electron chi connectivity index (χ1n) is 6.28. The summed E-state index contributed by atoms with van der Waals surface area (Å²) in [6.45, 7) is 1.48. The minimum absolute atomic E-state index is 0.0426. The van der Waals surface area contributed by atoms with E-state index in [-0.39, 0.29) is 17.5 Å². The molecule has 0 aliphatic heterocycles. The first-order valence-corrected chi connectivity index (χ1v) is 6.28. The summed E-state index contributed by atoms with van der Waals surface area (Å²) >= 11 is 0. The van der Waals surface area contributed by atoms with E-state index in [9.17, 15) is 13.9 Å². The molecule has 0 fully saturated rings. The molecule has 2 aromatic rings. The third kappa shape index (κ3) is 2.96. The predicted molar refractivity (Wildman–Crippen MR) is 72.8 cm³/mol. The minimum atomic E-state index is -1.12. The molecule has 0 aliphatic carbocycles. The van der Waals surface area contributed by atoms with Crippen molar-refractivity contribution in [1.29, 1.82) is 0 Å². The van der Waals surface area contributed by atoms with Gasteiger partial charge in [0.15, 0.2) is 0 Å². The van der Waals surface area contributed by atoms with Crippen molar-refractivity contribution in [3.05, 3.63) is 64.7 Å². The molecule has 0 saturated carbocycles. The first kappa shape index (κ1) is 14.5. The molecule has 0 bridgehead atoms. The topological polar surface area (TPSA) is 29.5 Å². The number of rotatable bonds is 4. The molecule has 2 rings (SSSR count). The molecule has 106 valence electrons. The molecular weight excluding hydrogens is 262 g/mol. The molecule has 4 heteroatoms. The number of aliphatic hydroxyl groups excluding tert-OH is 1. The van der Waals surface area contributed by atoms with Crippen molar-refractivity contribution in [2.75, 3.05) is 7.11 Å². The molecule has 2 aromatic carbocycles. The SMILES string of the molecule is COc1ccccc1CC(O)c1cc(F)c(C)cc1F. The van der Waals surface area contributed by atoms with Crippen LogP contribution < -0.4 is 4.74 Å². The summed E-state index contributed by atoms with van der Waals surface area (Å²) in [5.74, 6) is -0.522. The second-order valence-electron chi connectivity index (χ2n) is 4.65. The molecule has 1 unspecified atom stereocenters. The van der Waals surface area contributed by atoms with Gasteiger partial charge in [-0.1, -0.05) is 18.2 Å². The third-order valence-corrected chi connectivity index (χ3v) is 3.24. The van der Waals surface area contributed by atoms with Crippen molar-refractivity contribution in [1.82, 2.24) is 0 Å². The van der Waals surface area contributed by atoms with Crippen molar-refractivity contribution in [2.45, 2.75) is 19.4 Å². The van der Waals surface area contributed by atoms with Crippen LogP contribution in [-0.4, -0.2) is 12.2 Å². The van der Waals surface area contributed by atoms with Crippen LogP contribution in [0.4, 0.5) is 8.78 Å². The molecule has 0 radical (unpaired) electrons. The quantitative estimate of drug-likeness (QED) is 0.926. The van der Waals surface area contributed by atoms with Gasteiger partial charge in [0.2, 0.25) is 0 Å². The van der Waals surface area contributed by atoms with Gasteiger partial charge in [0.25, 0.3) is 0 Å². The average molecular weight is 278 g/mol. The highest BCUT2D eigenvalue weighted by Gasteiger charge is 2.17. The van der Waals surface area contributed by atoms with Crippen LogP contribution in [0.15, 0.2) is 36.4 Å². The smallest absolute Gasteiger partial charge is 0.129 e. The van der Waals surface area contributed by atoms with Crippen molar-refractivity contribution < 1.29 is 18.6 Å². The fraction of sp³-hybridized carbons (Fsp3) is 0.250. The summed E-state index contributed by atoms with van der Waals surface area (Å²) in [6, 6.07) is 9.29. The van der Waals surface area contributed by atoms with E-state index in [1.165, 1.54) is 14.0 Å². The molecular formula is C16H16F2O2. The highest BCUT2D eigenvalue weighted by atomic mass is 19.1. The second-order valence-corrected chi connectivity index (χ2v) is 4.65. The van der Waals surface area contributed by atoms with Gasteiger partial charge in [-0.05, 0) is 36.2 Å². The molecule has 0 spiro atoms. The number of aryl methyl sites for hydroxylation is 1. The van der Waals surface area contributed by atoms with Crippen LogP contribution in [0, 0.1) is 18.6 Å². The molecule has 0 heterocycles. The van der Waals surface area contributed by atoms with Crippen molar-refractivity contribution in [3.63, 3.8) is 0 Å². The van der Waals surface area contributed by atoms with E-state index >= 15 is 0 Å². The largest absolute Gasteiger partial charge is 0.496 e. The summed E-state index contributed by atoms with van der Waals surface area (Å²) in [7, 11) is 1.53. The number of benzene rings is 2. The van der Waals surface area contributed by atoms with Gasteiger partial charge < -0.3 is 9.84 Å². The van der Waals surface area contributed by atoms with Gasteiger partial charge in [-0.2, -0.15) is 0 Å². The van der Waals surface area contributed by atoms with Crippen LogP contribution in [0.5, 0.6) is 5.75 Å². The lowest BCUT2D eigenvalue weighted by Gasteiger charge is -2.15. The predicted octanol–water partition coefficient (Wildman–Crippen LogP) is 3.56. The van der Waals surface area contributed by atoms with Gasteiger partial charge in [0.05, 0.1) is 13.2 Å². The van der Waals surface area contributed by atoms with Crippen molar-refractivity contribution in [2.24, 2.45) is 0 Å². The maximum absolute atomic E-state index is 13.8. The van der Waals surface area contributed by atoms with Gasteiger partial charge in [-0.3, -0.25) is 0 Å². The Kier molecular flexibility index (Phi) is 4.35. The molecule has 0 aromatic heterocycles. The Morgan fingerprint density at radius 2 is 1.85 bits per heavy atom. The van der Waals surface area contributed by atoms with Crippen LogP contribution in [0.3, 0.4) is 0 Å². The normalized spacial score (nSPS) is 12.2. The zero-order valence-electron chi connectivity index (χ0n) is 11.4. The molecule has 2 nitrogen and oxygen atoms in total. The van der Waals surface area contributed by atoms with Crippen LogP contribution in [-0.2, 0) is 6.42 Å². The van der Waals surface area contributed by atoms with Gasteiger partial charge in [-0.25, -0.2) is 8.78 Å². The minimum Gasteiger partial charge on any atom is -0.496 e. The Hall–Kier alpha value is -1.94. The summed E-state index contributed by atoms with van der Waals surface area (Å²) < 4.78 is 32.5. The lowest BCUT2D eigenvalue weighted by molar-refractivity contribution is 0.172. The number of hydrogen-bond acceptors (Lipinski definition) is 2. The number of halogens is 2. The first-order chi connectivity index (χ1) is 9.52. The Bertz CT molecular complexity index is 611. The Morgan fingerprint density at radius 1 is 1.15 bits per heavy atom. The molecule has 1 N–H and O–H groups in total. The molecule has 20 heavy (non-hydrogen) atoms. The average Bonchev–Trinajstić information content (AvgIpc) is 2.43. The van der Waals surface area contributed by atoms with E-state index < -0.39 is 17.7 Å². The molecule has 1 atom stereocenters. The summed E-state index contributed by atoms with van der Waals surface area (Å²) in [6.07, 6.45) is -0.968. The van der Waals surface area contributed by atoms with Gasteiger partial charge in [0.1, 0.15) is 17.4 Å². The van der Waals surface area contributed by atoms with E-state index in [4.69, 9.17) is 4.74 Å². The van der Waals surface area contributed by atoms with E-state index in [0.717, 1.165) is 17.7 Å². The Balaban J connectivity index is 2.28. The molecule has 0 saturated heterocycles. The second kappa shape index (κ2) is 6.01. The number of aliphatic hydroxyl groups is 1. The fourth-order valence-electron chi connectivity index (χ4n) is 2.11. The van der Waals surface area contributed by atoms with Crippen molar-refractivity contribution >= 4 is 0 Å². The van der Waals surface area contributed by atoms with E-state index in [1.807, 2.05) is 0 Å². The maximum Gasteiger partial charge on any atom is 0.129 e. The van der Waals surface area contributed by atoms with Gasteiger partial charge in [-0.15, -0.1) is 0 Å². The Labute approximate surface area is 116 Å². The van der Waals surface area contributed by atoms with Gasteiger partial charge >= 0.3 is 0 Å². The zero-order chi connectivity index (χ0) is 14.7. The van der Waals surface area contributed by atoms with Gasteiger partial charge in [0, 0.05) is 12.0 Å². The zero-order valence-corrected chi connectivity index (χ0v) is 11.4. The van der Waals surface area contributed by atoms with Crippen molar-refractivity contribution in [3.8, 4) is 5.75 Å². The van der Waals surface area contributed by atoms with E-state index in [2.05, 4.69) is 0 Å². The third-order valence-electron chi connectivity index (χ3n) is 3.24.